The number of hydrogen-bond acceptors (Lipinski definition) is 4. The summed E-state index contributed by atoms with van der Waals surface area (Å²) in [5, 5.41) is 0. The van der Waals surface area contributed by atoms with E-state index in [1.54, 1.807) is 0 Å². The van der Waals surface area contributed by atoms with E-state index >= 15 is 0 Å². The van der Waals surface area contributed by atoms with E-state index in [-0.39, 0.29) is 23.6 Å². The molecule has 18 heavy (non-hydrogen) atoms. The first-order valence-corrected chi connectivity index (χ1v) is 8.14. The first-order valence-electron chi connectivity index (χ1n) is 6.32. The van der Waals surface area contributed by atoms with Crippen LogP contribution in [0.3, 0.4) is 0 Å². The van der Waals surface area contributed by atoms with Crippen LogP contribution in [0.4, 0.5) is 0 Å². The second kappa shape index (κ2) is 4.33. The van der Waals surface area contributed by atoms with E-state index in [0.717, 1.165) is 19.5 Å². The van der Waals surface area contributed by atoms with E-state index < -0.39 is 9.84 Å². The number of nitrogens with zero attached hydrogens (tertiary/aromatic N) is 1. The van der Waals surface area contributed by atoms with Gasteiger partial charge in [-0.05, 0) is 17.5 Å². The van der Waals surface area contributed by atoms with Gasteiger partial charge in [-0.2, -0.15) is 0 Å². The predicted octanol–water partition coefficient (Wildman–Crippen LogP) is 0.169. The number of sulfone groups is 1. The van der Waals surface area contributed by atoms with Gasteiger partial charge in [0.15, 0.2) is 9.84 Å². The van der Waals surface area contributed by atoms with Gasteiger partial charge < -0.3 is 5.73 Å². The molecule has 4 nitrogen and oxygen atoms in total. The van der Waals surface area contributed by atoms with Gasteiger partial charge in [-0.25, -0.2) is 8.42 Å². The number of benzene rings is 1. The molecule has 2 atom stereocenters. The van der Waals surface area contributed by atoms with E-state index in [2.05, 4.69) is 23.1 Å². The third-order valence-electron chi connectivity index (χ3n) is 3.99. The molecule has 2 aliphatic rings. The van der Waals surface area contributed by atoms with Gasteiger partial charge in [-0.1, -0.05) is 24.3 Å². The molecule has 2 N–H and O–H groups in total. The third kappa shape index (κ3) is 2.18. The average Bonchev–Trinajstić information content (AvgIpc) is 2.62. The molecule has 0 bridgehead atoms. The van der Waals surface area contributed by atoms with Gasteiger partial charge in [-0.15, -0.1) is 0 Å². The van der Waals surface area contributed by atoms with E-state index in [1.165, 1.54) is 11.1 Å². The molecular formula is C13H18N2O2S. The molecule has 98 valence electrons. The molecule has 2 unspecified atom stereocenters. The minimum Gasteiger partial charge on any atom is -0.325 e. The fourth-order valence-corrected chi connectivity index (χ4v) is 4.96. The standard InChI is InChI=1S/C13H18N2O2S/c14-12-8-18(16,17)9-13(12)15-6-5-10-3-1-2-4-11(10)7-15/h1-4,12-13H,5-9,14H2. The summed E-state index contributed by atoms with van der Waals surface area (Å²) in [6.45, 7) is 1.73. The monoisotopic (exact) mass is 266 g/mol. The van der Waals surface area contributed by atoms with Crippen LogP contribution >= 0.6 is 0 Å². The van der Waals surface area contributed by atoms with Crippen molar-refractivity contribution in [3.05, 3.63) is 35.4 Å². The van der Waals surface area contributed by atoms with Crippen molar-refractivity contribution >= 4 is 9.84 Å². The molecule has 2 aliphatic heterocycles. The van der Waals surface area contributed by atoms with Crippen LogP contribution in [-0.2, 0) is 22.8 Å². The van der Waals surface area contributed by atoms with Crippen molar-refractivity contribution in [2.45, 2.75) is 25.0 Å². The number of hydrogen-bond donors (Lipinski definition) is 1. The molecule has 0 spiro atoms. The van der Waals surface area contributed by atoms with E-state index in [4.69, 9.17) is 5.73 Å². The van der Waals surface area contributed by atoms with Crippen molar-refractivity contribution in [3.63, 3.8) is 0 Å². The quantitative estimate of drug-likeness (QED) is 0.787. The highest BCUT2D eigenvalue weighted by Crippen LogP contribution is 2.24. The Kier molecular flexibility index (Phi) is 2.92. The van der Waals surface area contributed by atoms with E-state index in [0.29, 0.717) is 0 Å². The van der Waals surface area contributed by atoms with Crippen LogP contribution in [0, 0.1) is 0 Å². The van der Waals surface area contributed by atoms with Crippen molar-refractivity contribution < 1.29 is 8.42 Å². The summed E-state index contributed by atoms with van der Waals surface area (Å²) >= 11 is 0. The Bertz CT molecular complexity index is 556. The summed E-state index contributed by atoms with van der Waals surface area (Å²) in [6, 6.07) is 8.12. The molecule has 0 aliphatic carbocycles. The molecule has 1 saturated heterocycles. The van der Waals surface area contributed by atoms with Gasteiger partial charge in [0.25, 0.3) is 0 Å². The lowest BCUT2D eigenvalue weighted by Crippen LogP contribution is -2.48. The summed E-state index contributed by atoms with van der Waals surface area (Å²) in [6.07, 6.45) is 0.986. The van der Waals surface area contributed by atoms with Crippen LogP contribution in [0.1, 0.15) is 11.1 Å². The highest BCUT2D eigenvalue weighted by atomic mass is 32.2. The van der Waals surface area contributed by atoms with Gasteiger partial charge in [0.1, 0.15) is 0 Å². The average molecular weight is 266 g/mol. The topological polar surface area (TPSA) is 63.4 Å². The summed E-state index contributed by atoms with van der Waals surface area (Å²) in [5.74, 6) is 0.353. The van der Waals surface area contributed by atoms with Gasteiger partial charge in [0, 0.05) is 25.2 Å². The van der Waals surface area contributed by atoms with Crippen LogP contribution in [-0.4, -0.2) is 43.5 Å². The molecule has 3 rings (SSSR count). The maximum Gasteiger partial charge on any atom is 0.153 e. The molecule has 1 aromatic carbocycles. The van der Waals surface area contributed by atoms with Crippen molar-refractivity contribution in [3.8, 4) is 0 Å². The molecule has 0 aromatic heterocycles. The highest BCUT2D eigenvalue weighted by Gasteiger charge is 2.39. The molecular weight excluding hydrogens is 248 g/mol. The van der Waals surface area contributed by atoms with Crippen molar-refractivity contribution in [2.24, 2.45) is 5.73 Å². The first-order chi connectivity index (χ1) is 8.55. The minimum absolute atomic E-state index is 0.0108. The lowest BCUT2D eigenvalue weighted by atomic mass is 9.98. The Balaban J connectivity index is 1.81. The van der Waals surface area contributed by atoms with Gasteiger partial charge in [0.05, 0.1) is 11.5 Å². The molecule has 1 fully saturated rings. The van der Waals surface area contributed by atoms with Crippen molar-refractivity contribution in [1.82, 2.24) is 4.90 Å². The molecule has 0 radical (unpaired) electrons. The molecule has 1 aromatic rings. The SMILES string of the molecule is NC1CS(=O)(=O)CC1N1CCc2ccccc2C1. The maximum absolute atomic E-state index is 11.6. The van der Waals surface area contributed by atoms with Gasteiger partial charge in [0.2, 0.25) is 0 Å². The largest absolute Gasteiger partial charge is 0.325 e. The predicted molar refractivity (Wildman–Crippen MR) is 71.0 cm³/mol. The van der Waals surface area contributed by atoms with Crippen LogP contribution in [0.2, 0.25) is 0 Å². The smallest absolute Gasteiger partial charge is 0.153 e. The molecule has 0 amide bonds. The zero-order chi connectivity index (χ0) is 12.8. The Morgan fingerprint density at radius 3 is 2.56 bits per heavy atom. The summed E-state index contributed by atoms with van der Waals surface area (Å²) < 4.78 is 23.3. The molecule has 2 heterocycles. The Labute approximate surface area is 108 Å². The normalized spacial score (nSPS) is 31.2. The highest BCUT2D eigenvalue weighted by molar-refractivity contribution is 7.91. The summed E-state index contributed by atoms with van der Waals surface area (Å²) in [7, 11) is -2.94. The van der Waals surface area contributed by atoms with Gasteiger partial charge >= 0.3 is 0 Å². The van der Waals surface area contributed by atoms with Crippen LogP contribution < -0.4 is 5.73 Å². The van der Waals surface area contributed by atoms with Crippen LogP contribution in [0.5, 0.6) is 0 Å². The Hall–Kier alpha value is -0.910. The minimum atomic E-state index is -2.94. The Morgan fingerprint density at radius 1 is 1.17 bits per heavy atom. The van der Waals surface area contributed by atoms with E-state index in [9.17, 15) is 8.42 Å². The second-order valence-electron chi connectivity index (χ2n) is 5.30. The first kappa shape index (κ1) is 12.1. The number of fused-ring (bicyclic) bond motifs is 1. The van der Waals surface area contributed by atoms with Crippen LogP contribution in [0.25, 0.3) is 0 Å². The lowest BCUT2D eigenvalue weighted by molar-refractivity contribution is 0.181. The summed E-state index contributed by atoms with van der Waals surface area (Å²) in [4.78, 5) is 2.23. The molecule has 5 heteroatoms. The van der Waals surface area contributed by atoms with Crippen molar-refractivity contribution in [1.29, 1.82) is 0 Å². The third-order valence-corrected chi connectivity index (χ3v) is 5.74. The fraction of sp³-hybridized carbons (Fsp3) is 0.538. The zero-order valence-electron chi connectivity index (χ0n) is 10.2. The van der Waals surface area contributed by atoms with Crippen molar-refractivity contribution in [2.75, 3.05) is 18.1 Å². The van der Waals surface area contributed by atoms with Gasteiger partial charge in [-0.3, -0.25) is 4.90 Å². The second-order valence-corrected chi connectivity index (χ2v) is 7.45. The zero-order valence-corrected chi connectivity index (χ0v) is 11.1. The fourth-order valence-electron chi connectivity index (χ4n) is 3.03. The summed E-state index contributed by atoms with van der Waals surface area (Å²) in [5.41, 5.74) is 8.67. The number of nitrogens with two attached hydrogens (primary N) is 1. The Morgan fingerprint density at radius 2 is 1.89 bits per heavy atom. The lowest BCUT2D eigenvalue weighted by Gasteiger charge is -2.34. The van der Waals surface area contributed by atoms with E-state index in [1.807, 2.05) is 6.07 Å². The molecule has 0 saturated carbocycles. The van der Waals surface area contributed by atoms with Crippen LogP contribution in [0.15, 0.2) is 24.3 Å². The maximum atomic E-state index is 11.6. The number of rotatable bonds is 1.